The summed E-state index contributed by atoms with van der Waals surface area (Å²) in [6.45, 7) is 12.0. The molecule has 5 heterocycles. The zero-order chi connectivity index (χ0) is 64.9. The number of quaternary nitrogens is 1. The predicted octanol–water partition coefficient (Wildman–Crippen LogP) is 6.80. The first-order valence-electron chi connectivity index (χ1n) is 28.9. The molecule has 0 bridgehead atoms. The van der Waals surface area contributed by atoms with Crippen LogP contribution in [0.25, 0.3) is 0 Å². The molecule has 1 unspecified atom stereocenters. The molecule has 0 spiro atoms. The molecule has 480 valence electrons. The molecule has 2 fully saturated rings. The van der Waals surface area contributed by atoms with Gasteiger partial charge in [-0.15, -0.1) is 23.1 Å². The number of β-lactam (4-membered cyclic amide) rings is 1. The lowest BCUT2D eigenvalue weighted by Crippen LogP contribution is -2.71. The molecular formula is C63H75N8O17S2+. The molecule has 3 aromatic carbocycles. The van der Waals surface area contributed by atoms with E-state index >= 15 is 0 Å². The number of fused-ring (bicyclic) bond motifs is 1. The van der Waals surface area contributed by atoms with Crippen LogP contribution in [-0.2, 0) is 74.6 Å². The molecule has 0 aliphatic carbocycles. The van der Waals surface area contributed by atoms with Gasteiger partial charge in [0.15, 0.2) is 16.6 Å². The summed E-state index contributed by atoms with van der Waals surface area (Å²) < 4.78 is 46.0. The van der Waals surface area contributed by atoms with Gasteiger partial charge in [0.05, 0.1) is 60.1 Å². The smallest absolute Gasteiger partial charge is 0.413 e. The van der Waals surface area contributed by atoms with Crippen molar-refractivity contribution >= 4 is 75.7 Å². The highest BCUT2D eigenvalue weighted by molar-refractivity contribution is 8.00. The molecule has 27 heteroatoms. The molecule has 3 aliphatic rings. The number of amides is 4. The number of thiazole rings is 1. The number of pyridine rings is 1. The number of nitrogens with one attached hydrogen (secondary N) is 3. The summed E-state index contributed by atoms with van der Waals surface area (Å²) in [6, 6.07) is 20.9. The topological polar surface area (TPSA) is 289 Å². The van der Waals surface area contributed by atoms with Crippen molar-refractivity contribution < 1.29 is 80.8 Å². The Morgan fingerprint density at radius 2 is 1.36 bits per heavy atom. The Bertz CT molecular complexity index is 3550. The number of oxime groups is 1. The molecule has 90 heavy (non-hydrogen) atoms. The molecule has 0 saturated carbocycles. The number of anilines is 1. The molecule has 2 saturated heterocycles. The lowest BCUT2D eigenvalue weighted by molar-refractivity contribution is -0.911. The minimum atomic E-state index is -1.77. The van der Waals surface area contributed by atoms with E-state index in [4.69, 9.17) is 42.7 Å². The quantitative estimate of drug-likeness (QED) is 0.0128. The third-order valence-electron chi connectivity index (χ3n) is 14.4. The number of rotatable bonds is 26. The zero-order valence-corrected chi connectivity index (χ0v) is 53.5. The molecule has 3 N–H and O–H groups in total. The van der Waals surface area contributed by atoms with Gasteiger partial charge in [-0.1, -0.05) is 41.6 Å². The maximum atomic E-state index is 14.7. The van der Waals surface area contributed by atoms with Gasteiger partial charge in [-0.2, -0.15) is 0 Å². The van der Waals surface area contributed by atoms with E-state index in [9.17, 15) is 38.4 Å². The summed E-state index contributed by atoms with van der Waals surface area (Å²) in [5, 5.41) is 12.9. The minimum Gasteiger partial charge on any atom is -0.497 e. The molecular weight excluding hydrogens is 1200 g/mol. The van der Waals surface area contributed by atoms with Crippen LogP contribution < -0.4 is 40.3 Å². The largest absolute Gasteiger partial charge is 0.497 e. The number of likely N-dealkylation sites (tertiary alicyclic amines) is 1. The van der Waals surface area contributed by atoms with E-state index < -0.39 is 88.0 Å². The second kappa shape index (κ2) is 29.6. The second-order valence-electron chi connectivity index (χ2n) is 23.5. The fourth-order valence-corrected chi connectivity index (χ4v) is 12.0. The SMILES string of the molecule is COc1ccc(COC(=O)C2=C(C[N+]3(CCNC(=O)c4cc(=O)c(OCc5ccc(OC)cc5)cn4C)CCCC3)CS[C@@H]3[C@H](NC(=O)C(=NOC(CC(=O)OC(C)(C)C)C(=O)OCc4ccc(OC)cc4)c4csc(NC(=O)OC(C)(C)C)n4)C(=O)N23)cc1. The van der Waals surface area contributed by atoms with Gasteiger partial charge in [0.2, 0.25) is 11.5 Å². The molecule has 2 aromatic heterocycles. The molecule has 25 nitrogen and oxygen atoms in total. The second-order valence-corrected chi connectivity index (χ2v) is 25.4. The third kappa shape index (κ3) is 17.9. The number of carbonyl (C=O) groups is 7. The molecule has 8 rings (SSSR count). The Hall–Kier alpha value is -8.95. The highest BCUT2D eigenvalue weighted by Gasteiger charge is 2.56. The number of methoxy groups -OCH3 is 3. The maximum absolute atomic E-state index is 14.7. The van der Waals surface area contributed by atoms with E-state index in [0.29, 0.717) is 64.6 Å². The minimum absolute atomic E-state index is 0.0148. The van der Waals surface area contributed by atoms with Gasteiger partial charge in [0.25, 0.3) is 17.7 Å². The van der Waals surface area contributed by atoms with Gasteiger partial charge < -0.3 is 62.4 Å². The van der Waals surface area contributed by atoms with Gasteiger partial charge in [-0.05, 0) is 94.6 Å². The van der Waals surface area contributed by atoms with Crippen LogP contribution >= 0.6 is 23.1 Å². The van der Waals surface area contributed by atoms with Gasteiger partial charge in [0.1, 0.15) is 83.3 Å². The van der Waals surface area contributed by atoms with Crippen LogP contribution in [0.3, 0.4) is 0 Å². The number of aryl methyl sites for hydroxylation is 1. The van der Waals surface area contributed by atoms with Crippen molar-refractivity contribution in [2.75, 3.05) is 65.1 Å². The first-order valence-corrected chi connectivity index (χ1v) is 30.8. The summed E-state index contributed by atoms with van der Waals surface area (Å²) in [5.74, 6) is -2.64. The fourth-order valence-electron chi connectivity index (χ4n) is 9.95. The van der Waals surface area contributed by atoms with Crippen molar-refractivity contribution in [3.8, 4) is 23.0 Å². The Labute approximate surface area is 528 Å². The first-order chi connectivity index (χ1) is 42.8. The Morgan fingerprint density at radius 3 is 1.93 bits per heavy atom. The van der Waals surface area contributed by atoms with Gasteiger partial charge in [0, 0.05) is 42.7 Å². The van der Waals surface area contributed by atoms with Crippen molar-refractivity contribution in [3.05, 3.63) is 140 Å². The highest BCUT2D eigenvalue weighted by atomic mass is 32.2. The number of carbonyl (C=O) groups excluding carboxylic acids is 7. The number of hydrogen-bond acceptors (Lipinski definition) is 21. The Morgan fingerprint density at radius 1 is 0.778 bits per heavy atom. The average molecular weight is 1280 g/mol. The van der Waals surface area contributed by atoms with Gasteiger partial charge >= 0.3 is 24.0 Å². The van der Waals surface area contributed by atoms with Crippen LogP contribution in [-0.4, -0.2) is 155 Å². The molecule has 3 aliphatic heterocycles. The number of benzene rings is 3. The number of thioether (sulfide) groups is 1. The number of ether oxygens (including phenoxy) is 8. The fraction of sp³-hybridized carbons (Fsp3) is 0.429. The van der Waals surface area contributed by atoms with Gasteiger partial charge in [-0.3, -0.25) is 34.2 Å². The monoisotopic (exact) mass is 1280 g/mol. The Kier molecular flexibility index (Phi) is 22.0. The molecule has 0 radical (unpaired) electrons. The summed E-state index contributed by atoms with van der Waals surface area (Å²) in [7, 11) is 6.26. The highest BCUT2D eigenvalue weighted by Crippen LogP contribution is 2.42. The summed E-state index contributed by atoms with van der Waals surface area (Å²) in [6.07, 6.45) is -0.126. The molecule has 3 atom stereocenters. The average Bonchev–Trinajstić information content (AvgIpc) is 0.749. The van der Waals surface area contributed by atoms with Crippen molar-refractivity contribution in [2.45, 2.75) is 109 Å². The van der Waals surface area contributed by atoms with E-state index in [1.807, 2.05) is 12.1 Å². The van der Waals surface area contributed by atoms with E-state index in [1.165, 1.54) is 53.1 Å². The zero-order valence-electron chi connectivity index (χ0n) is 51.9. The van der Waals surface area contributed by atoms with E-state index in [-0.39, 0.29) is 60.1 Å². The summed E-state index contributed by atoms with van der Waals surface area (Å²) in [5.41, 5.74) is -0.207. The Balaban J connectivity index is 1.03. The normalized spacial score (nSPS) is 16.5. The van der Waals surface area contributed by atoms with Crippen LogP contribution in [0.15, 0.2) is 112 Å². The number of hydrogen-bond donors (Lipinski definition) is 3. The molecule has 4 amide bonds. The summed E-state index contributed by atoms with van der Waals surface area (Å²) >= 11 is 2.21. The maximum Gasteiger partial charge on any atom is 0.413 e. The van der Waals surface area contributed by atoms with Crippen LogP contribution in [0.2, 0.25) is 0 Å². The number of nitrogens with zero attached hydrogens (tertiary/aromatic N) is 5. The van der Waals surface area contributed by atoms with Crippen LogP contribution in [0.4, 0.5) is 9.93 Å². The van der Waals surface area contributed by atoms with E-state index in [2.05, 4.69) is 26.1 Å². The van der Waals surface area contributed by atoms with Crippen LogP contribution in [0.5, 0.6) is 23.0 Å². The van der Waals surface area contributed by atoms with Crippen molar-refractivity contribution in [3.63, 3.8) is 0 Å². The third-order valence-corrected chi connectivity index (χ3v) is 16.5. The summed E-state index contributed by atoms with van der Waals surface area (Å²) in [4.78, 5) is 122. The lowest BCUT2D eigenvalue weighted by Gasteiger charge is -2.50. The van der Waals surface area contributed by atoms with Crippen LogP contribution in [0, 0.1) is 0 Å². The number of esters is 3. The molecule has 5 aromatic rings. The van der Waals surface area contributed by atoms with E-state index in [1.54, 1.807) is 116 Å². The van der Waals surface area contributed by atoms with Crippen molar-refractivity contribution in [2.24, 2.45) is 12.2 Å². The standard InChI is InChI=1S/C63H74N8O17S2/c1-62(2,3)86-50(73)30-48(58(77)84-34-39-15-21-43(81-9)22-16-39)88-68-51(45-37-90-60(65-45)67-61(79)87-63(4,5)6)55(75)66-52-56(76)70-53(59(78)85-35-40-17-23-44(82-10)24-18-40)41(36-89-57(52)70)32-71(26-11-12-27-71)28-25-64-54(74)46-29-47(72)49(31-69(46)7)83-33-38-13-19-42(80-8)20-14-38/h13-24,29,31,37,48,52,57H,11-12,25-28,30,32-36H2,1-10H3,(H2-,64,65,66,67,74,75,79)/p+1/t48?,52-,57-/m1/s1. The van der Waals surface area contributed by atoms with Crippen molar-refractivity contribution in [1.82, 2.24) is 25.1 Å². The van der Waals surface area contributed by atoms with Gasteiger partial charge in [-0.25, -0.2) is 19.4 Å². The lowest BCUT2D eigenvalue weighted by atomic mass is 10.0. The predicted molar refractivity (Wildman–Crippen MR) is 332 cm³/mol. The number of aromatic nitrogens is 2. The van der Waals surface area contributed by atoms with Crippen LogP contribution in [0.1, 0.15) is 93.7 Å². The van der Waals surface area contributed by atoms with E-state index in [0.717, 1.165) is 29.7 Å². The van der Waals surface area contributed by atoms with Crippen molar-refractivity contribution in [1.29, 1.82) is 0 Å². The first kappa shape index (κ1) is 67.0.